The van der Waals surface area contributed by atoms with Crippen LogP contribution in [0.1, 0.15) is 19.3 Å². The van der Waals surface area contributed by atoms with E-state index in [0.717, 1.165) is 16.8 Å². The van der Waals surface area contributed by atoms with Crippen LogP contribution in [-0.2, 0) is 9.53 Å². The molecule has 2 heterocycles. The Morgan fingerprint density at radius 2 is 1.75 bits per heavy atom. The van der Waals surface area contributed by atoms with Crippen molar-refractivity contribution in [2.24, 2.45) is 0 Å². The summed E-state index contributed by atoms with van der Waals surface area (Å²) in [6.45, 7) is 2.24. The fraction of sp³-hybridized carbons (Fsp3) is 0.364. The second-order valence-corrected chi connectivity index (χ2v) is 7.39. The molecule has 3 amide bonds. The first kappa shape index (κ1) is 18.5. The van der Waals surface area contributed by atoms with Gasteiger partial charge in [0.15, 0.2) is 0 Å². The van der Waals surface area contributed by atoms with E-state index >= 15 is 0 Å². The molecule has 2 aromatic rings. The summed E-state index contributed by atoms with van der Waals surface area (Å²) in [5, 5.41) is 5.91. The number of hydrogen-bond acceptors (Lipinski definition) is 3. The molecule has 6 heteroatoms. The van der Waals surface area contributed by atoms with Crippen LogP contribution in [0, 0.1) is 0 Å². The van der Waals surface area contributed by atoms with Gasteiger partial charge in [-0.3, -0.25) is 4.79 Å². The highest BCUT2D eigenvalue weighted by atomic mass is 16.5. The SMILES string of the molecule is O=C1CC2(CCN(C(=O)Nc3ccccc3-c3ccccc3)CC2)OCCN1. The van der Waals surface area contributed by atoms with Crippen molar-refractivity contribution in [2.45, 2.75) is 24.9 Å². The van der Waals surface area contributed by atoms with E-state index in [1.165, 1.54) is 0 Å². The van der Waals surface area contributed by atoms with Crippen LogP contribution in [0.2, 0.25) is 0 Å². The van der Waals surface area contributed by atoms with E-state index in [1.54, 1.807) is 4.90 Å². The monoisotopic (exact) mass is 379 g/mol. The lowest BCUT2D eigenvalue weighted by atomic mass is 9.87. The summed E-state index contributed by atoms with van der Waals surface area (Å²) < 4.78 is 5.98. The number of carbonyl (C=O) groups is 2. The predicted octanol–water partition coefficient (Wildman–Crippen LogP) is 3.26. The van der Waals surface area contributed by atoms with Crippen LogP contribution in [0.25, 0.3) is 11.1 Å². The molecule has 0 saturated carbocycles. The number of nitrogens with one attached hydrogen (secondary N) is 2. The number of benzene rings is 2. The zero-order chi connectivity index (χ0) is 19.4. The van der Waals surface area contributed by atoms with Gasteiger partial charge in [-0.2, -0.15) is 0 Å². The number of amides is 3. The summed E-state index contributed by atoms with van der Waals surface area (Å²) in [4.78, 5) is 26.6. The first-order valence-corrected chi connectivity index (χ1v) is 9.76. The standard InChI is InChI=1S/C22H25N3O3/c26-20-16-22(28-15-12-23-20)10-13-25(14-11-22)21(27)24-19-9-5-4-8-18(19)17-6-2-1-3-7-17/h1-9H,10-16H2,(H,23,26)(H,24,27). The minimum atomic E-state index is -0.431. The second kappa shape index (κ2) is 8.02. The number of piperidine rings is 1. The van der Waals surface area contributed by atoms with Gasteiger partial charge in [0, 0.05) is 25.2 Å². The largest absolute Gasteiger partial charge is 0.372 e. The first-order valence-electron chi connectivity index (χ1n) is 9.76. The van der Waals surface area contributed by atoms with Crippen molar-refractivity contribution in [3.05, 3.63) is 54.6 Å². The molecule has 4 rings (SSSR count). The van der Waals surface area contributed by atoms with Crippen molar-refractivity contribution < 1.29 is 14.3 Å². The maximum absolute atomic E-state index is 12.8. The molecule has 2 aromatic carbocycles. The molecule has 2 saturated heterocycles. The van der Waals surface area contributed by atoms with Crippen LogP contribution in [0.5, 0.6) is 0 Å². The van der Waals surface area contributed by atoms with Crippen LogP contribution in [-0.4, -0.2) is 48.7 Å². The van der Waals surface area contributed by atoms with Crippen molar-refractivity contribution in [2.75, 3.05) is 31.6 Å². The number of hydrogen-bond donors (Lipinski definition) is 2. The Kier molecular flexibility index (Phi) is 5.30. The molecule has 1 spiro atoms. The Balaban J connectivity index is 1.43. The Labute approximate surface area is 164 Å². The first-order chi connectivity index (χ1) is 13.7. The van der Waals surface area contributed by atoms with Gasteiger partial charge in [0.2, 0.25) is 5.91 Å². The summed E-state index contributed by atoms with van der Waals surface area (Å²) in [7, 11) is 0. The highest BCUT2D eigenvalue weighted by Crippen LogP contribution is 2.32. The van der Waals surface area contributed by atoms with Crippen molar-refractivity contribution in [3.8, 4) is 11.1 Å². The number of urea groups is 1. The molecule has 0 bridgehead atoms. The number of rotatable bonds is 2. The number of nitrogens with zero attached hydrogens (tertiary/aromatic N) is 1. The van der Waals surface area contributed by atoms with Gasteiger partial charge in [-0.25, -0.2) is 4.79 Å². The second-order valence-electron chi connectivity index (χ2n) is 7.39. The molecule has 2 N–H and O–H groups in total. The van der Waals surface area contributed by atoms with Gasteiger partial charge >= 0.3 is 6.03 Å². The van der Waals surface area contributed by atoms with Gasteiger partial charge in [0.05, 0.1) is 24.3 Å². The van der Waals surface area contributed by atoms with E-state index in [2.05, 4.69) is 10.6 Å². The van der Waals surface area contributed by atoms with E-state index in [-0.39, 0.29) is 11.9 Å². The van der Waals surface area contributed by atoms with Crippen molar-refractivity contribution in [1.29, 1.82) is 0 Å². The average molecular weight is 379 g/mol. The highest BCUT2D eigenvalue weighted by molar-refractivity contribution is 5.94. The van der Waals surface area contributed by atoms with Crippen LogP contribution in [0.3, 0.4) is 0 Å². The van der Waals surface area contributed by atoms with Crippen LogP contribution in [0.15, 0.2) is 54.6 Å². The molecule has 2 aliphatic heterocycles. The lowest BCUT2D eigenvalue weighted by Crippen LogP contribution is -2.50. The quantitative estimate of drug-likeness (QED) is 0.841. The third kappa shape index (κ3) is 4.02. The van der Waals surface area contributed by atoms with E-state index in [9.17, 15) is 9.59 Å². The van der Waals surface area contributed by atoms with Gasteiger partial charge in [-0.1, -0.05) is 48.5 Å². The molecule has 0 atom stereocenters. The Bertz CT molecular complexity index is 845. The molecule has 0 radical (unpaired) electrons. The van der Waals surface area contributed by atoms with E-state index < -0.39 is 5.60 Å². The Morgan fingerprint density at radius 1 is 1.04 bits per heavy atom. The van der Waals surface area contributed by atoms with E-state index in [4.69, 9.17) is 4.74 Å². The third-order valence-electron chi connectivity index (χ3n) is 5.53. The van der Waals surface area contributed by atoms with Crippen LogP contribution < -0.4 is 10.6 Å². The lowest BCUT2D eigenvalue weighted by Gasteiger charge is -2.40. The summed E-state index contributed by atoms with van der Waals surface area (Å²) in [6, 6.07) is 17.7. The number of likely N-dealkylation sites (tertiary alicyclic amines) is 1. The van der Waals surface area contributed by atoms with Crippen LogP contribution in [0.4, 0.5) is 10.5 Å². The van der Waals surface area contributed by atoms with E-state index in [0.29, 0.717) is 45.5 Å². The lowest BCUT2D eigenvalue weighted by molar-refractivity contribution is -0.127. The summed E-state index contributed by atoms with van der Waals surface area (Å²) in [6.07, 6.45) is 1.72. The molecular weight excluding hydrogens is 354 g/mol. The maximum atomic E-state index is 12.8. The summed E-state index contributed by atoms with van der Waals surface area (Å²) >= 11 is 0. The molecular formula is C22H25N3O3. The smallest absolute Gasteiger partial charge is 0.321 e. The maximum Gasteiger partial charge on any atom is 0.321 e. The minimum Gasteiger partial charge on any atom is -0.372 e. The van der Waals surface area contributed by atoms with Crippen molar-refractivity contribution in [3.63, 3.8) is 0 Å². The van der Waals surface area contributed by atoms with Crippen molar-refractivity contribution >= 4 is 17.6 Å². The van der Waals surface area contributed by atoms with Gasteiger partial charge in [-0.15, -0.1) is 0 Å². The zero-order valence-electron chi connectivity index (χ0n) is 15.8. The molecule has 2 aliphatic rings. The number of anilines is 1. The van der Waals surface area contributed by atoms with Crippen molar-refractivity contribution in [1.82, 2.24) is 10.2 Å². The number of ether oxygens (including phenoxy) is 1. The topological polar surface area (TPSA) is 70.7 Å². The molecule has 146 valence electrons. The van der Waals surface area contributed by atoms with E-state index in [1.807, 2.05) is 54.6 Å². The fourth-order valence-corrected chi connectivity index (χ4v) is 3.96. The molecule has 0 unspecified atom stereocenters. The summed E-state index contributed by atoms with van der Waals surface area (Å²) in [5.41, 5.74) is 2.42. The van der Waals surface area contributed by atoms with Gasteiger partial charge < -0.3 is 20.3 Å². The average Bonchev–Trinajstić information content (AvgIpc) is 2.90. The molecule has 0 aliphatic carbocycles. The number of carbonyl (C=O) groups excluding carboxylic acids is 2. The normalized spacial score (nSPS) is 19.0. The Morgan fingerprint density at radius 3 is 2.54 bits per heavy atom. The molecule has 6 nitrogen and oxygen atoms in total. The molecule has 28 heavy (non-hydrogen) atoms. The third-order valence-corrected chi connectivity index (χ3v) is 5.53. The fourth-order valence-electron chi connectivity index (χ4n) is 3.96. The van der Waals surface area contributed by atoms with Crippen LogP contribution >= 0.6 is 0 Å². The predicted molar refractivity (Wildman–Crippen MR) is 108 cm³/mol. The highest BCUT2D eigenvalue weighted by Gasteiger charge is 2.39. The number of para-hydroxylation sites is 1. The van der Waals surface area contributed by atoms with Gasteiger partial charge in [0.1, 0.15) is 0 Å². The zero-order valence-corrected chi connectivity index (χ0v) is 15.8. The molecule has 2 fully saturated rings. The van der Waals surface area contributed by atoms with Gasteiger partial charge in [-0.05, 0) is 24.5 Å². The summed E-state index contributed by atoms with van der Waals surface area (Å²) in [5.74, 6) is 0.0344. The van der Waals surface area contributed by atoms with Gasteiger partial charge in [0.25, 0.3) is 0 Å². The Hall–Kier alpha value is -2.86. The minimum absolute atomic E-state index is 0.0344. The molecule has 0 aromatic heterocycles.